The van der Waals surface area contributed by atoms with Crippen LogP contribution in [0.3, 0.4) is 0 Å². The number of fused-ring (bicyclic) bond motifs is 2. The molecular formula is C21H26N2O2S. The molecule has 0 saturated heterocycles. The number of amides is 1. The van der Waals surface area contributed by atoms with Gasteiger partial charge in [0.1, 0.15) is 12.4 Å². The Morgan fingerprint density at radius 3 is 2.73 bits per heavy atom. The molecule has 4 unspecified atom stereocenters. The summed E-state index contributed by atoms with van der Waals surface area (Å²) >= 11 is 1.62. The first-order valence-electron chi connectivity index (χ1n) is 9.53. The lowest BCUT2D eigenvalue weighted by Crippen LogP contribution is -2.40. The van der Waals surface area contributed by atoms with Crippen molar-refractivity contribution < 1.29 is 9.53 Å². The summed E-state index contributed by atoms with van der Waals surface area (Å²) in [5.41, 5.74) is 1.63. The molecule has 2 aliphatic carbocycles. The molecule has 1 heterocycles. The molecule has 2 saturated carbocycles. The fraction of sp³-hybridized carbons (Fsp3) is 0.524. The van der Waals surface area contributed by atoms with E-state index in [-0.39, 0.29) is 11.9 Å². The van der Waals surface area contributed by atoms with E-state index in [1.165, 1.54) is 25.7 Å². The third kappa shape index (κ3) is 3.78. The van der Waals surface area contributed by atoms with Crippen LogP contribution < -0.4 is 10.1 Å². The van der Waals surface area contributed by atoms with E-state index in [4.69, 9.17) is 4.74 Å². The van der Waals surface area contributed by atoms with Crippen molar-refractivity contribution >= 4 is 17.2 Å². The molecule has 2 aromatic rings. The zero-order valence-corrected chi connectivity index (χ0v) is 16.2. The van der Waals surface area contributed by atoms with Crippen LogP contribution in [0.4, 0.5) is 0 Å². The second-order valence-electron chi connectivity index (χ2n) is 7.77. The van der Waals surface area contributed by atoms with Crippen LogP contribution in [-0.2, 0) is 6.61 Å². The summed E-state index contributed by atoms with van der Waals surface area (Å²) in [5, 5.41) is 6.26. The molecule has 1 amide bonds. The van der Waals surface area contributed by atoms with Gasteiger partial charge >= 0.3 is 0 Å². The molecule has 4 atom stereocenters. The van der Waals surface area contributed by atoms with Crippen LogP contribution in [0.1, 0.15) is 53.7 Å². The van der Waals surface area contributed by atoms with Crippen molar-refractivity contribution in [2.24, 2.45) is 17.8 Å². The van der Waals surface area contributed by atoms with Crippen molar-refractivity contribution in [1.29, 1.82) is 0 Å². The maximum Gasteiger partial charge on any atom is 0.251 e. The number of hydrogen-bond donors (Lipinski definition) is 1. The van der Waals surface area contributed by atoms with Crippen molar-refractivity contribution in [3.05, 3.63) is 45.9 Å². The maximum atomic E-state index is 12.6. The van der Waals surface area contributed by atoms with E-state index in [1.807, 2.05) is 36.6 Å². The van der Waals surface area contributed by atoms with E-state index in [9.17, 15) is 4.79 Å². The van der Waals surface area contributed by atoms with Crippen molar-refractivity contribution in [3.63, 3.8) is 0 Å². The normalized spacial score (nSPS) is 25.2. The van der Waals surface area contributed by atoms with Gasteiger partial charge < -0.3 is 10.1 Å². The van der Waals surface area contributed by atoms with Gasteiger partial charge in [0.05, 0.1) is 10.7 Å². The highest BCUT2D eigenvalue weighted by Crippen LogP contribution is 2.49. The van der Waals surface area contributed by atoms with E-state index in [0.29, 0.717) is 18.1 Å². The van der Waals surface area contributed by atoms with E-state index in [0.717, 1.165) is 28.3 Å². The molecule has 2 fully saturated rings. The Bertz CT molecular complexity index is 771. The van der Waals surface area contributed by atoms with Crippen LogP contribution in [-0.4, -0.2) is 16.9 Å². The first kappa shape index (κ1) is 17.5. The fourth-order valence-corrected chi connectivity index (χ4v) is 5.24. The number of hydrogen-bond acceptors (Lipinski definition) is 4. The zero-order valence-electron chi connectivity index (χ0n) is 15.4. The van der Waals surface area contributed by atoms with Crippen molar-refractivity contribution in [1.82, 2.24) is 10.3 Å². The monoisotopic (exact) mass is 370 g/mol. The van der Waals surface area contributed by atoms with Crippen LogP contribution in [0.2, 0.25) is 0 Å². The molecule has 138 valence electrons. The first-order valence-corrected chi connectivity index (χ1v) is 10.4. The number of thiazole rings is 1. The lowest BCUT2D eigenvalue weighted by molar-refractivity contribution is 0.0915. The number of carbonyl (C=O) groups is 1. The first-order chi connectivity index (χ1) is 12.6. The van der Waals surface area contributed by atoms with Crippen molar-refractivity contribution in [2.45, 2.75) is 52.2 Å². The van der Waals surface area contributed by atoms with Crippen LogP contribution >= 0.6 is 11.3 Å². The van der Waals surface area contributed by atoms with Gasteiger partial charge in [0.15, 0.2) is 0 Å². The number of aromatic nitrogens is 1. The Morgan fingerprint density at radius 1 is 1.31 bits per heavy atom. The van der Waals surface area contributed by atoms with Gasteiger partial charge in [-0.3, -0.25) is 4.79 Å². The average molecular weight is 371 g/mol. The highest BCUT2D eigenvalue weighted by Gasteiger charge is 2.42. The number of ether oxygens (including phenoxy) is 1. The number of carbonyl (C=O) groups excluding carboxylic acids is 1. The van der Waals surface area contributed by atoms with Gasteiger partial charge in [-0.2, -0.15) is 0 Å². The number of nitrogens with one attached hydrogen (secondary N) is 1. The molecule has 5 heteroatoms. The second-order valence-corrected chi connectivity index (χ2v) is 8.83. The van der Waals surface area contributed by atoms with Gasteiger partial charge in [0, 0.05) is 17.0 Å². The van der Waals surface area contributed by atoms with E-state index in [1.54, 1.807) is 11.3 Å². The SMILES string of the molecule is Cc1nc(COc2ccc(C(=O)NC(C)C3CC4CCC3C4)cc2)cs1. The third-order valence-electron chi connectivity index (χ3n) is 5.96. The molecule has 2 aliphatic rings. The molecule has 4 rings (SSSR count). The average Bonchev–Trinajstić information content (AvgIpc) is 3.37. The Labute approximate surface area is 159 Å². The summed E-state index contributed by atoms with van der Waals surface area (Å²) in [6, 6.07) is 7.64. The molecule has 26 heavy (non-hydrogen) atoms. The molecule has 0 aliphatic heterocycles. The molecule has 0 spiro atoms. The van der Waals surface area contributed by atoms with E-state index in [2.05, 4.69) is 17.2 Å². The summed E-state index contributed by atoms with van der Waals surface area (Å²) in [6.45, 7) is 4.60. The minimum atomic E-state index is 0.0157. The highest BCUT2D eigenvalue weighted by molar-refractivity contribution is 7.09. The Balaban J connectivity index is 1.30. The van der Waals surface area contributed by atoms with Gasteiger partial charge in [0.25, 0.3) is 5.91 Å². The number of benzene rings is 1. The summed E-state index contributed by atoms with van der Waals surface area (Å²) in [7, 11) is 0. The Morgan fingerprint density at radius 2 is 2.12 bits per heavy atom. The molecule has 1 aromatic carbocycles. The molecule has 0 radical (unpaired) electrons. The lowest BCUT2D eigenvalue weighted by atomic mass is 9.84. The Hall–Kier alpha value is -1.88. The van der Waals surface area contributed by atoms with Crippen molar-refractivity contribution in [3.8, 4) is 5.75 Å². The van der Waals surface area contributed by atoms with Crippen LogP contribution in [0.15, 0.2) is 29.6 Å². The van der Waals surface area contributed by atoms with Gasteiger partial charge in [-0.25, -0.2) is 4.98 Å². The lowest BCUT2D eigenvalue weighted by Gasteiger charge is -2.28. The quantitative estimate of drug-likeness (QED) is 0.809. The summed E-state index contributed by atoms with van der Waals surface area (Å²) < 4.78 is 5.75. The van der Waals surface area contributed by atoms with E-state index < -0.39 is 0 Å². The van der Waals surface area contributed by atoms with E-state index >= 15 is 0 Å². The van der Waals surface area contributed by atoms with Crippen molar-refractivity contribution in [2.75, 3.05) is 0 Å². The third-order valence-corrected chi connectivity index (χ3v) is 6.79. The zero-order chi connectivity index (χ0) is 18.1. The molecule has 1 aromatic heterocycles. The number of aryl methyl sites for hydroxylation is 1. The highest BCUT2D eigenvalue weighted by atomic mass is 32.1. The fourth-order valence-electron chi connectivity index (χ4n) is 4.64. The standard InChI is InChI=1S/C21H26N2O2S/c1-13(20-10-15-3-4-17(20)9-15)22-21(24)16-5-7-19(8-6-16)25-11-18-12-26-14(2)23-18/h5-8,12-13,15,17,20H,3-4,9-11H2,1-2H3,(H,22,24). The predicted molar refractivity (Wildman–Crippen MR) is 103 cm³/mol. The topological polar surface area (TPSA) is 51.2 Å². The Kier molecular flexibility index (Phi) is 4.98. The molecule has 1 N–H and O–H groups in total. The predicted octanol–water partition coefficient (Wildman–Crippen LogP) is 4.59. The molecule has 4 nitrogen and oxygen atoms in total. The van der Waals surface area contributed by atoms with Crippen LogP contribution in [0, 0.1) is 24.7 Å². The van der Waals surface area contributed by atoms with Gasteiger partial charge in [-0.1, -0.05) is 6.42 Å². The van der Waals surface area contributed by atoms with Crippen LogP contribution in [0.25, 0.3) is 0 Å². The van der Waals surface area contributed by atoms with Gasteiger partial charge in [-0.15, -0.1) is 11.3 Å². The summed E-state index contributed by atoms with van der Waals surface area (Å²) in [6.07, 6.45) is 5.40. The smallest absolute Gasteiger partial charge is 0.251 e. The maximum absolute atomic E-state index is 12.6. The summed E-state index contributed by atoms with van der Waals surface area (Å²) in [5.74, 6) is 3.15. The summed E-state index contributed by atoms with van der Waals surface area (Å²) in [4.78, 5) is 16.9. The second kappa shape index (κ2) is 7.39. The minimum Gasteiger partial charge on any atom is -0.487 e. The number of rotatable bonds is 6. The number of nitrogens with zero attached hydrogens (tertiary/aromatic N) is 1. The minimum absolute atomic E-state index is 0.0157. The molecule has 2 bridgehead atoms. The van der Waals surface area contributed by atoms with Gasteiger partial charge in [-0.05, 0) is 75.1 Å². The van der Waals surface area contributed by atoms with Crippen LogP contribution in [0.5, 0.6) is 5.75 Å². The van der Waals surface area contributed by atoms with Gasteiger partial charge in [0.2, 0.25) is 0 Å². The largest absolute Gasteiger partial charge is 0.487 e. The molecular weight excluding hydrogens is 344 g/mol.